The third kappa shape index (κ3) is 4.01. The molecule has 2 aromatic carbocycles. The minimum absolute atomic E-state index is 0.117. The van der Waals surface area contributed by atoms with Gasteiger partial charge in [-0.3, -0.25) is 9.59 Å². The third-order valence-corrected chi connectivity index (χ3v) is 4.51. The topological polar surface area (TPSA) is 67.9 Å². The van der Waals surface area contributed by atoms with E-state index in [0.717, 1.165) is 0 Å². The number of nitrogens with zero attached hydrogens (tertiary/aromatic N) is 1. The molecule has 3 rings (SSSR count). The second-order valence-electron chi connectivity index (χ2n) is 6.68. The average molecular weight is 389 g/mol. The monoisotopic (exact) mass is 388 g/mol. The summed E-state index contributed by atoms with van der Waals surface area (Å²) in [5.74, 6) is 0.708. The van der Waals surface area contributed by atoms with E-state index in [-0.39, 0.29) is 24.8 Å². The van der Waals surface area contributed by atoms with E-state index < -0.39 is 5.60 Å². The number of methoxy groups -OCH3 is 1. The summed E-state index contributed by atoms with van der Waals surface area (Å²) in [6, 6.07) is 12.3. The molecule has 1 N–H and O–H groups in total. The second kappa shape index (κ2) is 7.48. The van der Waals surface area contributed by atoms with Gasteiger partial charge in [-0.25, -0.2) is 0 Å². The molecule has 0 saturated carbocycles. The Kier molecular flexibility index (Phi) is 5.28. The van der Waals surface area contributed by atoms with Gasteiger partial charge < -0.3 is 19.7 Å². The Bertz CT molecular complexity index is 882. The maximum Gasteiger partial charge on any atom is 0.270 e. The van der Waals surface area contributed by atoms with Crippen molar-refractivity contribution in [2.75, 3.05) is 23.9 Å². The van der Waals surface area contributed by atoms with Gasteiger partial charge in [0.2, 0.25) is 5.91 Å². The van der Waals surface area contributed by atoms with Gasteiger partial charge in [0.15, 0.2) is 5.60 Å². The van der Waals surface area contributed by atoms with Crippen LogP contribution in [-0.2, 0) is 9.59 Å². The third-order valence-electron chi connectivity index (χ3n) is 4.28. The molecule has 27 heavy (non-hydrogen) atoms. The molecular weight excluding hydrogens is 368 g/mol. The number of carbonyl (C=O) groups is 2. The number of para-hydroxylation sites is 2. The first kappa shape index (κ1) is 19.0. The molecule has 0 atom stereocenters. The summed E-state index contributed by atoms with van der Waals surface area (Å²) in [7, 11) is 1.52. The number of hydrogen-bond acceptors (Lipinski definition) is 4. The summed E-state index contributed by atoms with van der Waals surface area (Å²) >= 11 is 5.99. The first-order valence-corrected chi connectivity index (χ1v) is 8.93. The normalized spacial score (nSPS) is 15.0. The molecule has 0 unspecified atom stereocenters. The fourth-order valence-electron chi connectivity index (χ4n) is 2.95. The van der Waals surface area contributed by atoms with Gasteiger partial charge in [0.1, 0.15) is 11.5 Å². The molecule has 0 aliphatic carbocycles. The molecule has 2 aromatic rings. The van der Waals surface area contributed by atoms with E-state index in [9.17, 15) is 9.59 Å². The number of benzene rings is 2. The van der Waals surface area contributed by atoms with Crippen molar-refractivity contribution >= 4 is 34.8 Å². The number of nitrogens with one attached hydrogen (secondary N) is 1. The molecule has 7 heteroatoms. The SMILES string of the molecule is COc1ccc(Cl)cc1NC(=O)CCN1C(=O)C(C)(C)Oc2ccccc21. The van der Waals surface area contributed by atoms with Crippen LogP contribution < -0.4 is 19.7 Å². The fraction of sp³-hybridized carbons (Fsp3) is 0.300. The van der Waals surface area contributed by atoms with Crippen molar-refractivity contribution in [2.45, 2.75) is 25.9 Å². The Morgan fingerprint density at radius 1 is 1.26 bits per heavy atom. The van der Waals surface area contributed by atoms with Gasteiger partial charge in [-0.2, -0.15) is 0 Å². The lowest BCUT2D eigenvalue weighted by atomic mass is 10.0. The lowest BCUT2D eigenvalue weighted by Gasteiger charge is -2.38. The van der Waals surface area contributed by atoms with Crippen LogP contribution >= 0.6 is 11.6 Å². The number of hydrogen-bond donors (Lipinski definition) is 1. The quantitative estimate of drug-likeness (QED) is 0.843. The predicted molar refractivity (Wildman–Crippen MR) is 105 cm³/mol. The van der Waals surface area contributed by atoms with E-state index in [1.54, 1.807) is 43.0 Å². The van der Waals surface area contributed by atoms with Crippen molar-refractivity contribution in [1.82, 2.24) is 0 Å². The van der Waals surface area contributed by atoms with Gasteiger partial charge in [-0.15, -0.1) is 0 Å². The Morgan fingerprint density at radius 3 is 2.74 bits per heavy atom. The molecule has 0 spiro atoms. The molecule has 0 aromatic heterocycles. The van der Waals surface area contributed by atoms with Gasteiger partial charge in [0.25, 0.3) is 5.91 Å². The number of ether oxygens (including phenoxy) is 2. The summed E-state index contributed by atoms with van der Waals surface area (Å²) in [5, 5.41) is 3.27. The van der Waals surface area contributed by atoms with Crippen LogP contribution in [0.5, 0.6) is 11.5 Å². The van der Waals surface area contributed by atoms with E-state index >= 15 is 0 Å². The molecule has 142 valence electrons. The smallest absolute Gasteiger partial charge is 0.270 e. The number of carbonyl (C=O) groups excluding carboxylic acids is 2. The highest BCUT2D eigenvalue weighted by Crippen LogP contribution is 2.37. The Labute approximate surface area is 163 Å². The van der Waals surface area contributed by atoms with E-state index in [4.69, 9.17) is 21.1 Å². The first-order chi connectivity index (χ1) is 12.8. The Morgan fingerprint density at radius 2 is 2.00 bits per heavy atom. The van der Waals surface area contributed by atoms with Crippen molar-refractivity contribution < 1.29 is 19.1 Å². The van der Waals surface area contributed by atoms with Crippen LogP contribution in [-0.4, -0.2) is 31.1 Å². The molecule has 1 aliphatic rings. The largest absolute Gasteiger partial charge is 0.495 e. The zero-order valence-corrected chi connectivity index (χ0v) is 16.2. The van der Waals surface area contributed by atoms with Gasteiger partial charge >= 0.3 is 0 Å². The van der Waals surface area contributed by atoms with Gasteiger partial charge in [0, 0.05) is 18.0 Å². The Balaban J connectivity index is 1.73. The second-order valence-corrected chi connectivity index (χ2v) is 7.12. The van der Waals surface area contributed by atoms with E-state index in [1.165, 1.54) is 7.11 Å². The lowest BCUT2D eigenvalue weighted by Crippen LogP contribution is -2.53. The van der Waals surface area contributed by atoms with Crippen molar-refractivity contribution in [3.63, 3.8) is 0 Å². The van der Waals surface area contributed by atoms with Gasteiger partial charge in [-0.05, 0) is 44.2 Å². The van der Waals surface area contributed by atoms with Crippen molar-refractivity contribution in [3.8, 4) is 11.5 Å². The highest BCUT2D eigenvalue weighted by Gasteiger charge is 2.40. The van der Waals surface area contributed by atoms with E-state index in [2.05, 4.69) is 5.32 Å². The van der Waals surface area contributed by atoms with Crippen LogP contribution in [0.15, 0.2) is 42.5 Å². The number of halogens is 1. The minimum atomic E-state index is -0.985. The molecule has 6 nitrogen and oxygen atoms in total. The molecule has 0 bridgehead atoms. The summed E-state index contributed by atoms with van der Waals surface area (Å²) in [5.41, 5.74) is 0.167. The Hall–Kier alpha value is -2.73. The number of anilines is 2. The number of fused-ring (bicyclic) bond motifs is 1. The molecule has 0 fully saturated rings. The van der Waals surface area contributed by atoms with Crippen molar-refractivity contribution in [3.05, 3.63) is 47.5 Å². The molecular formula is C20H21ClN2O4. The summed E-state index contributed by atoms with van der Waals surface area (Å²) in [6.45, 7) is 3.67. The lowest BCUT2D eigenvalue weighted by molar-refractivity contribution is -0.132. The minimum Gasteiger partial charge on any atom is -0.495 e. The van der Waals surface area contributed by atoms with Crippen molar-refractivity contribution in [2.24, 2.45) is 0 Å². The standard InChI is InChI=1S/C20H21ClN2O4/c1-20(2)19(25)23(15-6-4-5-7-17(15)27-20)11-10-18(24)22-14-12-13(21)8-9-16(14)26-3/h4-9,12H,10-11H2,1-3H3,(H,22,24). The van der Waals surface area contributed by atoms with Crippen LogP contribution in [0, 0.1) is 0 Å². The molecule has 2 amide bonds. The predicted octanol–water partition coefficient (Wildman–Crippen LogP) is 3.88. The maximum absolute atomic E-state index is 12.8. The summed E-state index contributed by atoms with van der Waals surface area (Å²) in [4.78, 5) is 26.8. The van der Waals surface area contributed by atoms with Crippen LogP contribution in [0.3, 0.4) is 0 Å². The van der Waals surface area contributed by atoms with Gasteiger partial charge in [0.05, 0.1) is 18.5 Å². The van der Waals surface area contributed by atoms with Crippen LogP contribution in [0.4, 0.5) is 11.4 Å². The molecule has 0 saturated heterocycles. The average Bonchev–Trinajstić information content (AvgIpc) is 2.62. The van der Waals surface area contributed by atoms with E-state index in [1.807, 2.05) is 18.2 Å². The highest BCUT2D eigenvalue weighted by molar-refractivity contribution is 6.31. The summed E-state index contributed by atoms with van der Waals surface area (Å²) < 4.78 is 11.0. The number of amides is 2. The van der Waals surface area contributed by atoms with Crippen LogP contribution in [0.25, 0.3) is 0 Å². The maximum atomic E-state index is 12.8. The van der Waals surface area contributed by atoms with Crippen LogP contribution in [0.2, 0.25) is 5.02 Å². The zero-order valence-electron chi connectivity index (χ0n) is 15.4. The molecule has 1 heterocycles. The van der Waals surface area contributed by atoms with Crippen LogP contribution in [0.1, 0.15) is 20.3 Å². The van der Waals surface area contributed by atoms with E-state index in [0.29, 0.717) is 27.9 Å². The molecule has 0 radical (unpaired) electrons. The highest BCUT2D eigenvalue weighted by atomic mass is 35.5. The van der Waals surface area contributed by atoms with Crippen molar-refractivity contribution in [1.29, 1.82) is 0 Å². The zero-order chi connectivity index (χ0) is 19.6. The first-order valence-electron chi connectivity index (χ1n) is 8.55. The summed E-state index contributed by atoms with van der Waals surface area (Å²) in [6.07, 6.45) is 0.117. The fourth-order valence-corrected chi connectivity index (χ4v) is 3.12. The molecule has 1 aliphatic heterocycles. The van der Waals surface area contributed by atoms with Gasteiger partial charge in [-0.1, -0.05) is 23.7 Å². The number of rotatable bonds is 5.